The molecule has 2 nitrogen and oxygen atoms in total. The zero-order valence-corrected chi connectivity index (χ0v) is 20.8. The molecule has 0 N–H and O–H groups in total. The topological polar surface area (TPSA) is 18.5 Å². The summed E-state index contributed by atoms with van der Waals surface area (Å²) in [7, 11) is 0. The van der Waals surface area contributed by atoms with Crippen molar-refractivity contribution in [3.8, 4) is 11.5 Å². The van der Waals surface area contributed by atoms with Crippen LogP contribution in [0.5, 0.6) is 11.5 Å². The van der Waals surface area contributed by atoms with Gasteiger partial charge >= 0.3 is 0 Å². The Kier molecular flexibility index (Phi) is 8.86. The molecule has 4 unspecified atom stereocenters. The first-order chi connectivity index (χ1) is 16.6. The van der Waals surface area contributed by atoms with Crippen LogP contribution >= 0.6 is 0 Å². The van der Waals surface area contributed by atoms with E-state index in [1.54, 1.807) is 6.92 Å². The molecule has 2 aromatic carbocycles. The Bertz CT molecular complexity index is 911. The average Bonchev–Trinajstić information content (AvgIpc) is 2.86. The first-order valence-corrected chi connectivity index (χ1v) is 13.4. The van der Waals surface area contributed by atoms with Gasteiger partial charge in [0.25, 0.3) is 0 Å². The highest BCUT2D eigenvalue weighted by atomic mass is 19.2. The summed E-state index contributed by atoms with van der Waals surface area (Å²) in [4.78, 5) is 0. The molecule has 0 aliphatic heterocycles. The van der Waals surface area contributed by atoms with Crippen LogP contribution in [-0.2, 0) is 6.42 Å². The number of hydrogen-bond acceptors (Lipinski definition) is 2. The molecular formula is C30H40F2O2. The van der Waals surface area contributed by atoms with Crippen molar-refractivity contribution in [1.82, 2.24) is 0 Å². The monoisotopic (exact) mass is 470 g/mol. The van der Waals surface area contributed by atoms with Crippen LogP contribution in [0, 0.1) is 29.4 Å². The van der Waals surface area contributed by atoms with Crippen molar-refractivity contribution in [1.29, 1.82) is 0 Å². The molecule has 0 saturated heterocycles. The Morgan fingerprint density at radius 2 is 1.44 bits per heavy atom. The third-order valence-corrected chi connectivity index (χ3v) is 8.03. The minimum atomic E-state index is -0.963. The van der Waals surface area contributed by atoms with Gasteiger partial charge in [-0.15, -0.1) is 0 Å². The third-order valence-electron chi connectivity index (χ3n) is 8.03. The van der Waals surface area contributed by atoms with Crippen molar-refractivity contribution in [3.05, 3.63) is 59.2 Å². The van der Waals surface area contributed by atoms with Gasteiger partial charge in [-0.1, -0.05) is 44.0 Å². The molecule has 0 aromatic heterocycles. The summed E-state index contributed by atoms with van der Waals surface area (Å²) < 4.78 is 39.3. The number of halogens is 2. The van der Waals surface area contributed by atoms with Crippen LogP contribution in [-0.4, -0.2) is 13.2 Å². The number of unbranched alkanes of at least 4 members (excludes halogenated alkanes) is 2. The molecule has 4 atom stereocenters. The molecule has 0 spiro atoms. The molecule has 186 valence electrons. The van der Waals surface area contributed by atoms with Crippen molar-refractivity contribution in [2.75, 3.05) is 13.2 Å². The van der Waals surface area contributed by atoms with Crippen LogP contribution in [0.4, 0.5) is 8.78 Å². The van der Waals surface area contributed by atoms with Gasteiger partial charge in [-0.05, 0) is 105 Å². The Morgan fingerprint density at radius 1 is 0.765 bits per heavy atom. The molecule has 34 heavy (non-hydrogen) atoms. The number of rotatable bonds is 10. The number of ether oxygens (including phenoxy) is 2. The van der Waals surface area contributed by atoms with Gasteiger partial charge in [0.2, 0.25) is 11.6 Å². The van der Waals surface area contributed by atoms with Crippen LogP contribution in [0.15, 0.2) is 36.4 Å². The molecule has 2 aliphatic carbocycles. The van der Waals surface area contributed by atoms with Gasteiger partial charge in [0.1, 0.15) is 0 Å². The molecule has 4 rings (SSSR count). The first-order valence-electron chi connectivity index (χ1n) is 13.4. The molecule has 2 aromatic rings. The maximum atomic E-state index is 14.3. The Labute approximate surface area is 204 Å². The van der Waals surface area contributed by atoms with Crippen LogP contribution in [0.1, 0.15) is 88.7 Å². The largest absolute Gasteiger partial charge is 0.491 e. The zero-order chi connectivity index (χ0) is 23.9. The number of hydrogen-bond donors (Lipinski definition) is 0. The van der Waals surface area contributed by atoms with Crippen molar-refractivity contribution >= 4 is 0 Å². The number of aryl methyl sites for hydroxylation is 1. The maximum Gasteiger partial charge on any atom is 0.204 e. The summed E-state index contributed by atoms with van der Waals surface area (Å²) >= 11 is 0. The molecule has 2 fully saturated rings. The maximum absolute atomic E-state index is 14.3. The summed E-state index contributed by atoms with van der Waals surface area (Å²) in [5.41, 5.74) is 2.98. The highest BCUT2D eigenvalue weighted by Gasteiger charge is 2.36. The highest BCUT2D eigenvalue weighted by molar-refractivity contribution is 5.35. The van der Waals surface area contributed by atoms with E-state index in [9.17, 15) is 8.78 Å². The zero-order valence-electron chi connectivity index (χ0n) is 20.8. The fraction of sp³-hybridized carbons (Fsp3) is 0.600. The summed E-state index contributed by atoms with van der Waals surface area (Å²) in [6.07, 6.45) is 12.3. The van der Waals surface area contributed by atoms with E-state index >= 15 is 0 Å². The predicted molar refractivity (Wildman–Crippen MR) is 134 cm³/mol. The lowest BCUT2D eigenvalue weighted by Crippen LogP contribution is -2.32. The van der Waals surface area contributed by atoms with E-state index in [0.29, 0.717) is 25.0 Å². The average molecular weight is 471 g/mol. The Hall–Kier alpha value is -2.10. The fourth-order valence-electron chi connectivity index (χ4n) is 6.08. The predicted octanol–water partition coefficient (Wildman–Crippen LogP) is 8.48. The standard InChI is InChI=1S/C30H40F2O2/c1-3-5-6-7-21-8-11-23(12-9-21)25-15-14-24-18-22(10-13-26(24)19-25)20-34-28-17-16-27(33-4-2)29(31)30(28)32/h8-9,11-12,16-17,22,24-26H,3-7,10,13-15,18-20H2,1-2H3. The van der Waals surface area contributed by atoms with Crippen molar-refractivity contribution in [2.24, 2.45) is 17.8 Å². The minimum absolute atomic E-state index is 0.00933. The molecule has 0 amide bonds. The van der Waals surface area contributed by atoms with Crippen LogP contribution in [0.25, 0.3) is 0 Å². The third kappa shape index (κ3) is 6.12. The van der Waals surface area contributed by atoms with Crippen molar-refractivity contribution in [2.45, 2.75) is 84.0 Å². The van der Waals surface area contributed by atoms with Gasteiger partial charge < -0.3 is 9.47 Å². The normalized spacial score (nSPS) is 24.5. The molecule has 0 radical (unpaired) electrons. The lowest BCUT2D eigenvalue weighted by Gasteiger charge is -2.42. The minimum Gasteiger partial charge on any atom is -0.491 e. The molecule has 4 heteroatoms. The van der Waals surface area contributed by atoms with Gasteiger partial charge in [-0.2, -0.15) is 8.78 Å². The lowest BCUT2D eigenvalue weighted by molar-refractivity contribution is 0.0901. The first kappa shape index (κ1) is 25.0. The van der Waals surface area contributed by atoms with E-state index in [2.05, 4.69) is 31.2 Å². The Balaban J connectivity index is 1.26. The van der Waals surface area contributed by atoms with E-state index in [1.807, 2.05) is 0 Å². The van der Waals surface area contributed by atoms with Gasteiger partial charge in [0, 0.05) is 0 Å². The fourth-order valence-corrected chi connectivity index (χ4v) is 6.08. The quantitative estimate of drug-likeness (QED) is 0.324. The number of fused-ring (bicyclic) bond motifs is 1. The van der Waals surface area contributed by atoms with Gasteiger partial charge in [0.05, 0.1) is 13.2 Å². The van der Waals surface area contributed by atoms with E-state index in [1.165, 1.54) is 74.6 Å². The van der Waals surface area contributed by atoms with Gasteiger partial charge in [-0.3, -0.25) is 0 Å². The smallest absolute Gasteiger partial charge is 0.204 e. The SMILES string of the molecule is CCCCCc1ccc(C2CCC3CC(COc4ccc(OCC)c(F)c4F)CCC3C2)cc1. The summed E-state index contributed by atoms with van der Waals surface area (Å²) in [6, 6.07) is 12.4. The second-order valence-corrected chi connectivity index (χ2v) is 10.3. The van der Waals surface area contributed by atoms with Crippen LogP contribution < -0.4 is 9.47 Å². The van der Waals surface area contributed by atoms with E-state index in [0.717, 1.165) is 24.7 Å². The highest BCUT2D eigenvalue weighted by Crippen LogP contribution is 2.47. The lowest BCUT2D eigenvalue weighted by atomic mass is 9.64. The molecule has 0 heterocycles. The Morgan fingerprint density at radius 3 is 2.15 bits per heavy atom. The van der Waals surface area contributed by atoms with Crippen molar-refractivity contribution in [3.63, 3.8) is 0 Å². The molecular weight excluding hydrogens is 430 g/mol. The number of benzene rings is 2. The molecule has 2 aliphatic rings. The van der Waals surface area contributed by atoms with Crippen LogP contribution in [0.3, 0.4) is 0 Å². The summed E-state index contributed by atoms with van der Waals surface area (Å²) in [5.74, 6) is 0.620. The van der Waals surface area contributed by atoms with E-state index in [4.69, 9.17) is 9.47 Å². The molecule has 0 bridgehead atoms. The second kappa shape index (κ2) is 12.0. The summed E-state index contributed by atoms with van der Waals surface area (Å²) in [5, 5.41) is 0. The van der Waals surface area contributed by atoms with Crippen LogP contribution in [0.2, 0.25) is 0 Å². The molecule has 2 saturated carbocycles. The van der Waals surface area contributed by atoms with Crippen molar-refractivity contribution < 1.29 is 18.3 Å². The summed E-state index contributed by atoms with van der Waals surface area (Å²) in [6.45, 7) is 4.75. The van der Waals surface area contributed by atoms with E-state index in [-0.39, 0.29) is 11.5 Å². The van der Waals surface area contributed by atoms with E-state index < -0.39 is 11.6 Å². The second-order valence-electron chi connectivity index (χ2n) is 10.3. The van der Waals surface area contributed by atoms with Gasteiger partial charge in [0.15, 0.2) is 11.5 Å². The van der Waals surface area contributed by atoms with Gasteiger partial charge in [-0.25, -0.2) is 0 Å².